The van der Waals surface area contributed by atoms with E-state index in [-0.39, 0.29) is 0 Å². The van der Waals surface area contributed by atoms with Crippen molar-refractivity contribution in [2.75, 3.05) is 37.6 Å². The van der Waals surface area contributed by atoms with Gasteiger partial charge in [0.1, 0.15) is 0 Å². The van der Waals surface area contributed by atoms with E-state index in [4.69, 9.17) is 10.7 Å². The lowest BCUT2D eigenvalue weighted by Crippen LogP contribution is -2.39. The van der Waals surface area contributed by atoms with Crippen molar-refractivity contribution < 1.29 is 0 Å². The van der Waals surface area contributed by atoms with E-state index in [2.05, 4.69) is 29.0 Å². The quantitative estimate of drug-likeness (QED) is 0.875. The molecule has 1 aromatic heterocycles. The molecule has 0 bridgehead atoms. The molecule has 2 N–H and O–H groups in total. The summed E-state index contributed by atoms with van der Waals surface area (Å²) in [6.07, 6.45) is 4.58. The van der Waals surface area contributed by atoms with Gasteiger partial charge in [-0.3, -0.25) is 4.90 Å². The van der Waals surface area contributed by atoms with Crippen LogP contribution in [0.2, 0.25) is 0 Å². The highest BCUT2D eigenvalue weighted by molar-refractivity contribution is 7.13. The average molecular weight is 296 g/mol. The molecule has 1 atom stereocenters. The molecule has 0 saturated carbocycles. The molecule has 0 spiro atoms. The Kier molecular flexibility index (Phi) is 6.26. The third-order valence-electron chi connectivity index (χ3n) is 4.19. The lowest BCUT2D eigenvalue weighted by Gasteiger charge is -2.29. The molecule has 114 valence electrons. The molecule has 1 unspecified atom stereocenters. The zero-order chi connectivity index (χ0) is 14.4. The molecule has 1 aliphatic rings. The van der Waals surface area contributed by atoms with E-state index < -0.39 is 0 Å². The van der Waals surface area contributed by atoms with Crippen LogP contribution in [0, 0.1) is 0 Å². The predicted molar refractivity (Wildman–Crippen MR) is 87.6 cm³/mol. The monoisotopic (exact) mass is 296 g/mol. The molecule has 1 saturated heterocycles. The molecule has 0 amide bonds. The number of aromatic nitrogens is 1. The zero-order valence-corrected chi connectivity index (χ0v) is 13.7. The highest BCUT2D eigenvalue weighted by atomic mass is 32.1. The van der Waals surface area contributed by atoms with E-state index in [1.165, 1.54) is 30.2 Å². The Balaban J connectivity index is 1.94. The van der Waals surface area contributed by atoms with Gasteiger partial charge in [-0.15, -0.1) is 11.3 Å². The van der Waals surface area contributed by atoms with Gasteiger partial charge in [-0.25, -0.2) is 4.98 Å². The first-order valence-electron chi connectivity index (χ1n) is 7.91. The summed E-state index contributed by atoms with van der Waals surface area (Å²) in [5.74, 6) is 0. The number of rotatable bonds is 6. The molecule has 0 radical (unpaired) electrons. The number of nitrogens with two attached hydrogens (primary N) is 1. The molecular weight excluding hydrogens is 268 g/mol. The van der Waals surface area contributed by atoms with E-state index >= 15 is 0 Å². The maximum Gasteiger partial charge on any atom is 0.185 e. The van der Waals surface area contributed by atoms with Gasteiger partial charge in [-0.1, -0.05) is 13.8 Å². The summed E-state index contributed by atoms with van der Waals surface area (Å²) in [5.41, 5.74) is 6.96. The van der Waals surface area contributed by atoms with Gasteiger partial charge in [0, 0.05) is 37.6 Å². The van der Waals surface area contributed by atoms with Gasteiger partial charge < -0.3 is 10.6 Å². The lowest BCUT2D eigenvalue weighted by molar-refractivity contribution is 0.196. The maximum absolute atomic E-state index is 5.74. The fraction of sp³-hybridized carbons (Fsp3) is 0.800. The van der Waals surface area contributed by atoms with Crippen LogP contribution in [0.3, 0.4) is 0 Å². The Morgan fingerprint density at radius 2 is 2.15 bits per heavy atom. The van der Waals surface area contributed by atoms with Crippen LogP contribution in [0.5, 0.6) is 0 Å². The standard InChI is InChI=1S/C15H28N4S/c1-3-13-12-20-15(17-13)19-9-5-8-18(10-11-19)14(4-2)6-7-16/h12,14H,3-11,16H2,1-2H3. The van der Waals surface area contributed by atoms with Crippen LogP contribution in [0.4, 0.5) is 5.13 Å². The Bertz CT molecular complexity index is 393. The molecule has 0 aliphatic carbocycles. The number of hydrogen-bond donors (Lipinski definition) is 1. The number of nitrogens with zero attached hydrogens (tertiary/aromatic N) is 3. The highest BCUT2D eigenvalue weighted by Crippen LogP contribution is 2.23. The minimum Gasteiger partial charge on any atom is -0.347 e. The van der Waals surface area contributed by atoms with E-state index in [0.717, 1.165) is 39.0 Å². The molecule has 1 fully saturated rings. The Morgan fingerprint density at radius 1 is 1.30 bits per heavy atom. The van der Waals surface area contributed by atoms with Crippen LogP contribution in [0.1, 0.15) is 38.8 Å². The molecule has 20 heavy (non-hydrogen) atoms. The normalized spacial score (nSPS) is 19.1. The first kappa shape index (κ1) is 15.7. The van der Waals surface area contributed by atoms with Crippen LogP contribution in [0.15, 0.2) is 5.38 Å². The van der Waals surface area contributed by atoms with Crippen molar-refractivity contribution in [3.05, 3.63) is 11.1 Å². The van der Waals surface area contributed by atoms with Crippen molar-refractivity contribution in [3.8, 4) is 0 Å². The van der Waals surface area contributed by atoms with Crippen LogP contribution in [-0.2, 0) is 6.42 Å². The van der Waals surface area contributed by atoms with Crippen molar-refractivity contribution in [2.45, 2.75) is 45.6 Å². The molecule has 4 nitrogen and oxygen atoms in total. The first-order chi connectivity index (χ1) is 9.78. The fourth-order valence-electron chi connectivity index (χ4n) is 2.94. The second kappa shape index (κ2) is 7.96. The minimum atomic E-state index is 0.655. The van der Waals surface area contributed by atoms with Crippen molar-refractivity contribution in [1.82, 2.24) is 9.88 Å². The number of thiazole rings is 1. The molecular formula is C15H28N4S. The van der Waals surface area contributed by atoms with Gasteiger partial charge >= 0.3 is 0 Å². The highest BCUT2D eigenvalue weighted by Gasteiger charge is 2.21. The van der Waals surface area contributed by atoms with Crippen molar-refractivity contribution >= 4 is 16.5 Å². The van der Waals surface area contributed by atoms with Crippen LogP contribution < -0.4 is 10.6 Å². The molecule has 5 heteroatoms. The Hall–Kier alpha value is -0.650. The largest absolute Gasteiger partial charge is 0.347 e. The summed E-state index contributed by atoms with van der Waals surface area (Å²) in [7, 11) is 0. The minimum absolute atomic E-state index is 0.655. The van der Waals surface area contributed by atoms with Gasteiger partial charge in [0.15, 0.2) is 5.13 Å². The summed E-state index contributed by atoms with van der Waals surface area (Å²) < 4.78 is 0. The third kappa shape index (κ3) is 3.93. The number of hydrogen-bond acceptors (Lipinski definition) is 5. The van der Waals surface area contributed by atoms with Gasteiger partial charge in [-0.05, 0) is 32.2 Å². The molecule has 0 aromatic carbocycles. The molecule has 1 aliphatic heterocycles. The van der Waals surface area contributed by atoms with E-state index in [0.29, 0.717) is 6.04 Å². The first-order valence-corrected chi connectivity index (χ1v) is 8.79. The average Bonchev–Trinajstić information content (AvgIpc) is 2.82. The van der Waals surface area contributed by atoms with Crippen LogP contribution in [0.25, 0.3) is 0 Å². The molecule has 1 aromatic rings. The van der Waals surface area contributed by atoms with Crippen molar-refractivity contribution in [3.63, 3.8) is 0 Å². The van der Waals surface area contributed by atoms with Crippen molar-refractivity contribution in [2.24, 2.45) is 5.73 Å². The second-order valence-electron chi connectivity index (χ2n) is 5.49. The summed E-state index contributed by atoms with van der Waals surface area (Å²) in [5, 5.41) is 3.40. The SMILES string of the molecule is CCc1csc(N2CCCN(C(CC)CCN)CC2)n1. The molecule has 2 rings (SSSR count). The van der Waals surface area contributed by atoms with E-state index in [9.17, 15) is 0 Å². The summed E-state index contributed by atoms with van der Waals surface area (Å²) in [4.78, 5) is 9.81. The third-order valence-corrected chi connectivity index (χ3v) is 5.14. The molecule has 2 heterocycles. The van der Waals surface area contributed by atoms with E-state index in [1.54, 1.807) is 11.3 Å². The van der Waals surface area contributed by atoms with Gasteiger partial charge in [0.05, 0.1) is 5.69 Å². The Labute approximate surface area is 127 Å². The summed E-state index contributed by atoms with van der Waals surface area (Å²) in [6, 6.07) is 0.655. The topological polar surface area (TPSA) is 45.4 Å². The zero-order valence-electron chi connectivity index (χ0n) is 12.8. The van der Waals surface area contributed by atoms with Gasteiger partial charge in [0.2, 0.25) is 0 Å². The predicted octanol–water partition coefficient (Wildman–Crippen LogP) is 2.35. The second-order valence-corrected chi connectivity index (χ2v) is 6.33. The smallest absolute Gasteiger partial charge is 0.185 e. The number of aryl methyl sites for hydroxylation is 1. The van der Waals surface area contributed by atoms with Gasteiger partial charge in [-0.2, -0.15) is 0 Å². The number of anilines is 1. The van der Waals surface area contributed by atoms with E-state index in [1.807, 2.05) is 0 Å². The van der Waals surface area contributed by atoms with Crippen LogP contribution in [-0.4, -0.2) is 48.6 Å². The Morgan fingerprint density at radius 3 is 2.80 bits per heavy atom. The lowest BCUT2D eigenvalue weighted by atomic mass is 10.1. The van der Waals surface area contributed by atoms with Crippen LogP contribution >= 0.6 is 11.3 Å². The maximum atomic E-state index is 5.74. The van der Waals surface area contributed by atoms with Gasteiger partial charge in [0.25, 0.3) is 0 Å². The fourth-order valence-corrected chi connectivity index (χ4v) is 3.90. The summed E-state index contributed by atoms with van der Waals surface area (Å²) in [6.45, 7) is 9.80. The summed E-state index contributed by atoms with van der Waals surface area (Å²) >= 11 is 1.79. The van der Waals surface area contributed by atoms with Crippen molar-refractivity contribution in [1.29, 1.82) is 0 Å².